The zero-order chi connectivity index (χ0) is 24.5. The van der Waals surface area contributed by atoms with Gasteiger partial charge < -0.3 is 20.2 Å². The standard InChI is InChI=1S/C27H31N5O3.Na/c1-18-15-20(8-7-19(18)9-10-25(34)31-13-11-22(33)12-14-31)27(35)32-17-21-16-28-30(2)26(21)29-23-5-3-4-6-24(23)32;/h3-8,15-16,22,29,33H,9-14,17H2,1-2H3;. The quantitative estimate of drug-likeness (QED) is 0.542. The van der Waals surface area contributed by atoms with Crippen LogP contribution < -0.4 is 10.2 Å². The van der Waals surface area contributed by atoms with E-state index in [1.165, 1.54) is 0 Å². The number of fused-ring (bicyclic) bond motifs is 2. The Labute approximate surface area is 233 Å². The molecule has 0 spiro atoms. The SMILES string of the molecule is Cc1cc(C(=O)N2Cc3cnn(C)c3Nc3ccccc32)ccc1CCC(=O)N1CCC(O)CC1.[Na]. The number of nitrogens with zero attached hydrogens (tertiary/aromatic N) is 4. The molecular formula is C27H31N5NaO3. The van der Waals surface area contributed by atoms with Crippen molar-refractivity contribution >= 4 is 58.6 Å². The molecule has 2 aliphatic rings. The average molecular weight is 497 g/mol. The summed E-state index contributed by atoms with van der Waals surface area (Å²) in [5.74, 6) is 0.929. The summed E-state index contributed by atoms with van der Waals surface area (Å²) < 4.78 is 1.78. The van der Waals surface area contributed by atoms with Crippen molar-refractivity contribution in [1.29, 1.82) is 0 Å². The van der Waals surface area contributed by atoms with E-state index in [-0.39, 0.29) is 47.5 Å². The van der Waals surface area contributed by atoms with Crippen LogP contribution in [0.2, 0.25) is 0 Å². The normalized spacial score (nSPS) is 15.3. The van der Waals surface area contributed by atoms with Gasteiger partial charge in [-0.25, -0.2) is 0 Å². The number of hydrogen-bond acceptors (Lipinski definition) is 5. The van der Waals surface area contributed by atoms with Gasteiger partial charge in [0.15, 0.2) is 0 Å². The van der Waals surface area contributed by atoms with Crippen LogP contribution in [0, 0.1) is 6.92 Å². The Hall–Kier alpha value is -2.65. The van der Waals surface area contributed by atoms with Crippen molar-refractivity contribution in [3.63, 3.8) is 0 Å². The Morgan fingerprint density at radius 1 is 1.14 bits per heavy atom. The number of anilines is 3. The third-order valence-corrected chi connectivity index (χ3v) is 7.05. The molecule has 5 rings (SSSR count). The van der Waals surface area contributed by atoms with Crippen molar-refractivity contribution in [3.05, 3.63) is 70.9 Å². The molecule has 3 aromatic rings. The zero-order valence-electron chi connectivity index (χ0n) is 21.2. The molecule has 2 aliphatic heterocycles. The summed E-state index contributed by atoms with van der Waals surface area (Å²) in [7, 11) is 1.88. The molecule has 2 amide bonds. The van der Waals surface area contributed by atoms with E-state index in [9.17, 15) is 14.7 Å². The van der Waals surface area contributed by atoms with Gasteiger partial charge in [0, 0.05) is 67.2 Å². The van der Waals surface area contributed by atoms with Gasteiger partial charge >= 0.3 is 0 Å². The molecule has 1 radical (unpaired) electrons. The van der Waals surface area contributed by atoms with E-state index in [0.29, 0.717) is 50.9 Å². The van der Waals surface area contributed by atoms with Gasteiger partial charge in [-0.1, -0.05) is 18.2 Å². The van der Waals surface area contributed by atoms with Crippen LogP contribution in [0.15, 0.2) is 48.7 Å². The number of aromatic nitrogens is 2. The molecule has 3 heterocycles. The first-order valence-electron chi connectivity index (χ1n) is 12.1. The molecule has 0 aliphatic carbocycles. The molecule has 1 saturated heterocycles. The Bertz CT molecular complexity index is 1270. The van der Waals surface area contributed by atoms with Crippen molar-refractivity contribution < 1.29 is 14.7 Å². The minimum absolute atomic E-state index is 0. The Kier molecular flexibility index (Phi) is 8.20. The number of benzene rings is 2. The summed E-state index contributed by atoms with van der Waals surface area (Å²) in [5, 5.41) is 17.4. The number of para-hydroxylation sites is 2. The summed E-state index contributed by atoms with van der Waals surface area (Å²) in [5.41, 5.74) is 5.33. The first-order chi connectivity index (χ1) is 16.9. The van der Waals surface area contributed by atoms with Gasteiger partial charge in [0.05, 0.1) is 30.2 Å². The molecule has 36 heavy (non-hydrogen) atoms. The van der Waals surface area contributed by atoms with Crippen molar-refractivity contribution in [2.45, 2.75) is 45.3 Å². The minimum Gasteiger partial charge on any atom is -0.393 e. The first-order valence-corrected chi connectivity index (χ1v) is 12.1. The van der Waals surface area contributed by atoms with Crippen LogP contribution in [0.25, 0.3) is 0 Å². The monoisotopic (exact) mass is 496 g/mol. The molecule has 183 valence electrons. The largest absolute Gasteiger partial charge is 0.393 e. The number of aliphatic hydroxyl groups excluding tert-OH is 1. The van der Waals surface area contributed by atoms with Crippen molar-refractivity contribution in [3.8, 4) is 0 Å². The van der Waals surface area contributed by atoms with Crippen LogP contribution >= 0.6 is 0 Å². The second kappa shape index (κ2) is 11.2. The third kappa shape index (κ3) is 5.37. The molecule has 8 nitrogen and oxygen atoms in total. The zero-order valence-corrected chi connectivity index (χ0v) is 23.2. The van der Waals surface area contributed by atoms with E-state index in [1.807, 2.05) is 61.3 Å². The summed E-state index contributed by atoms with van der Waals surface area (Å²) in [6.45, 7) is 3.66. The molecule has 1 aromatic heterocycles. The summed E-state index contributed by atoms with van der Waals surface area (Å²) in [4.78, 5) is 29.9. The Morgan fingerprint density at radius 2 is 1.89 bits per heavy atom. The van der Waals surface area contributed by atoms with Gasteiger partial charge in [0.25, 0.3) is 5.91 Å². The molecule has 0 bridgehead atoms. The van der Waals surface area contributed by atoms with Gasteiger partial charge in [-0.05, 0) is 61.6 Å². The van der Waals surface area contributed by atoms with Gasteiger partial charge in [-0.15, -0.1) is 0 Å². The molecule has 0 atom stereocenters. The maximum absolute atomic E-state index is 13.7. The molecular weight excluding hydrogens is 465 g/mol. The Morgan fingerprint density at radius 3 is 2.64 bits per heavy atom. The number of hydrogen-bond donors (Lipinski definition) is 2. The molecule has 0 saturated carbocycles. The van der Waals surface area contributed by atoms with Crippen LogP contribution in [0.1, 0.15) is 46.3 Å². The van der Waals surface area contributed by atoms with E-state index in [0.717, 1.165) is 33.9 Å². The van der Waals surface area contributed by atoms with E-state index in [1.54, 1.807) is 15.8 Å². The number of aryl methyl sites for hydroxylation is 3. The summed E-state index contributed by atoms with van der Waals surface area (Å²) in [6, 6.07) is 13.5. The van der Waals surface area contributed by atoms with Crippen LogP contribution in [-0.2, 0) is 24.8 Å². The summed E-state index contributed by atoms with van der Waals surface area (Å²) >= 11 is 0. The van der Waals surface area contributed by atoms with Crippen molar-refractivity contribution in [2.24, 2.45) is 7.05 Å². The number of aliphatic hydroxyl groups is 1. The predicted octanol–water partition coefficient (Wildman–Crippen LogP) is 3.17. The summed E-state index contributed by atoms with van der Waals surface area (Å²) in [6.07, 6.45) is 3.87. The second-order valence-electron chi connectivity index (χ2n) is 9.43. The third-order valence-electron chi connectivity index (χ3n) is 7.05. The van der Waals surface area contributed by atoms with Crippen LogP contribution in [0.4, 0.5) is 17.2 Å². The second-order valence-corrected chi connectivity index (χ2v) is 9.43. The molecule has 2 aromatic carbocycles. The molecule has 2 N–H and O–H groups in total. The fraction of sp³-hybridized carbons (Fsp3) is 0.370. The topological polar surface area (TPSA) is 90.7 Å². The van der Waals surface area contributed by atoms with E-state index in [2.05, 4.69) is 10.4 Å². The van der Waals surface area contributed by atoms with Crippen molar-refractivity contribution in [1.82, 2.24) is 14.7 Å². The minimum atomic E-state index is -0.289. The molecule has 1 fully saturated rings. The maximum Gasteiger partial charge on any atom is 0.258 e. The van der Waals surface area contributed by atoms with E-state index >= 15 is 0 Å². The Balaban J connectivity index is 0.00000304. The number of rotatable bonds is 4. The predicted molar refractivity (Wildman–Crippen MR) is 141 cm³/mol. The average Bonchev–Trinajstić information content (AvgIpc) is 3.11. The maximum atomic E-state index is 13.7. The van der Waals surface area contributed by atoms with Gasteiger partial charge in [-0.3, -0.25) is 14.3 Å². The number of carbonyl (C=O) groups is 2. The van der Waals surface area contributed by atoms with Crippen molar-refractivity contribution in [2.75, 3.05) is 23.3 Å². The molecule has 0 unspecified atom stereocenters. The van der Waals surface area contributed by atoms with Gasteiger partial charge in [-0.2, -0.15) is 5.10 Å². The fourth-order valence-electron chi connectivity index (χ4n) is 4.92. The molecule has 9 heteroatoms. The van der Waals surface area contributed by atoms with Gasteiger partial charge in [0.1, 0.15) is 5.82 Å². The van der Waals surface area contributed by atoms with Crippen LogP contribution in [-0.4, -0.2) is 80.4 Å². The fourth-order valence-corrected chi connectivity index (χ4v) is 4.92. The van der Waals surface area contributed by atoms with Crippen LogP contribution in [0.5, 0.6) is 0 Å². The van der Waals surface area contributed by atoms with E-state index in [4.69, 9.17) is 0 Å². The first kappa shape index (κ1) is 26.4. The van der Waals surface area contributed by atoms with Crippen LogP contribution in [0.3, 0.4) is 0 Å². The smallest absolute Gasteiger partial charge is 0.258 e. The van der Waals surface area contributed by atoms with Gasteiger partial charge in [0.2, 0.25) is 5.91 Å². The van der Waals surface area contributed by atoms with E-state index < -0.39 is 0 Å². The number of nitrogens with one attached hydrogen (secondary N) is 1. The number of carbonyl (C=O) groups excluding carboxylic acids is 2. The number of amides is 2. The number of piperidine rings is 1. The number of likely N-dealkylation sites (tertiary alicyclic amines) is 1.